The number of rotatable bonds is 4. The van der Waals surface area contributed by atoms with Gasteiger partial charge in [0.05, 0.1) is 14.8 Å². The van der Waals surface area contributed by atoms with Crippen molar-refractivity contribution in [2.45, 2.75) is 26.2 Å². The van der Waals surface area contributed by atoms with Crippen LogP contribution in [0.1, 0.15) is 34.6 Å². The van der Waals surface area contributed by atoms with Crippen LogP contribution in [0.3, 0.4) is 0 Å². The third-order valence-electron chi connectivity index (χ3n) is 8.87. The summed E-state index contributed by atoms with van der Waals surface area (Å²) in [7, 11) is 0. The molecular formula is C44H30N4OS. The van der Waals surface area contributed by atoms with Gasteiger partial charge < -0.3 is 4.42 Å². The Morgan fingerprint density at radius 2 is 1.34 bits per heavy atom. The van der Waals surface area contributed by atoms with Gasteiger partial charge in [0.15, 0.2) is 23.2 Å². The number of nitrogens with zero attached hydrogens (tertiary/aromatic N) is 4. The van der Waals surface area contributed by atoms with Gasteiger partial charge in [-0.1, -0.05) is 124 Å². The fourth-order valence-corrected chi connectivity index (χ4v) is 7.48. The molecular weight excluding hydrogens is 633 g/mol. The minimum absolute atomic E-state index is 0.0197. The molecule has 0 aliphatic carbocycles. The third-order valence-corrected chi connectivity index (χ3v) is 10.1. The van der Waals surface area contributed by atoms with Gasteiger partial charge in [0.2, 0.25) is 0 Å². The van der Waals surface area contributed by atoms with Crippen molar-refractivity contribution < 1.29 is 12.6 Å². The summed E-state index contributed by atoms with van der Waals surface area (Å²) in [5, 5.41) is 2.37. The Morgan fingerprint density at radius 3 is 2.06 bits per heavy atom. The van der Waals surface area contributed by atoms with Gasteiger partial charge in [-0.2, -0.15) is 0 Å². The van der Waals surface area contributed by atoms with Crippen LogP contribution < -0.4 is 0 Å². The van der Waals surface area contributed by atoms with Crippen molar-refractivity contribution in [2.75, 3.05) is 0 Å². The first-order valence-corrected chi connectivity index (χ1v) is 16.9. The fraction of sp³-hybridized carbons (Fsp3) is 0.0909. The first kappa shape index (κ1) is 24.0. The minimum atomic E-state index is -0.345. The lowest BCUT2D eigenvalue weighted by Crippen LogP contribution is -2.10. The molecule has 0 saturated carbocycles. The zero-order chi connectivity index (χ0) is 39.2. The lowest BCUT2D eigenvalue weighted by atomic mass is 9.87. The maximum Gasteiger partial charge on any atom is 0.187 e. The average Bonchev–Trinajstić information content (AvgIpc) is 3.79. The Balaban J connectivity index is 1.32. The molecule has 0 aliphatic rings. The molecule has 6 heteroatoms. The fourth-order valence-electron chi connectivity index (χ4n) is 6.26. The van der Waals surface area contributed by atoms with Crippen LogP contribution in [0, 0.1) is 6.57 Å². The molecule has 0 N–H and O–H groups in total. The van der Waals surface area contributed by atoms with Crippen molar-refractivity contribution in [1.82, 2.24) is 15.0 Å². The van der Waals surface area contributed by atoms with Gasteiger partial charge in [0.1, 0.15) is 11.2 Å². The zero-order valence-corrected chi connectivity index (χ0v) is 28.1. The molecule has 3 heterocycles. The van der Waals surface area contributed by atoms with E-state index in [1.54, 1.807) is 35.6 Å². The van der Waals surface area contributed by atoms with E-state index >= 15 is 0 Å². The van der Waals surface area contributed by atoms with Crippen LogP contribution in [-0.2, 0) is 5.41 Å². The van der Waals surface area contributed by atoms with E-state index in [1.165, 1.54) is 0 Å². The Morgan fingerprint density at radius 1 is 0.660 bits per heavy atom. The lowest BCUT2D eigenvalue weighted by Gasteiger charge is -2.19. The molecule has 0 spiro atoms. The van der Waals surface area contributed by atoms with Crippen molar-refractivity contribution in [2.24, 2.45) is 0 Å². The van der Waals surface area contributed by atoms with Gasteiger partial charge in [-0.05, 0) is 40.7 Å². The molecule has 9 rings (SSSR count). The second kappa shape index (κ2) is 11.5. The van der Waals surface area contributed by atoms with Crippen LogP contribution in [-0.4, -0.2) is 15.0 Å². The summed E-state index contributed by atoms with van der Waals surface area (Å²) in [5.74, 6) is 0.523. The van der Waals surface area contributed by atoms with Crippen LogP contribution in [0.15, 0.2) is 132 Å². The number of furan rings is 1. The number of hydrogen-bond acceptors (Lipinski definition) is 5. The van der Waals surface area contributed by atoms with Crippen LogP contribution in [0.5, 0.6) is 0 Å². The summed E-state index contributed by atoms with van der Waals surface area (Å²) in [6.45, 7) is 13.8. The number of benzene rings is 6. The van der Waals surface area contributed by atoms with Gasteiger partial charge >= 0.3 is 0 Å². The summed E-state index contributed by atoms with van der Waals surface area (Å²) >= 11 is 1.55. The minimum Gasteiger partial charge on any atom is -0.456 e. The number of thiophene rings is 1. The van der Waals surface area contributed by atoms with E-state index in [1.807, 2.05) is 66.7 Å². The smallest absolute Gasteiger partial charge is 0.187 e. The van der Waals surface area contributed by atoms with E-state index < -0.39 is 0 Å². The van der Waals surface area contributed by atoms with Gasteiger partial charge in [-0.25, -0.2) is 19.8 Å². The van der Waals surface area contributed by atoms with Gasteiger partial charge in [-0.15, -0.1) is 11.3 Å². The van der Waals surface area contributed by atoms with E-state index in [2.05, 4.69) is 25.6 Å². The predicted octanol–water partition coefficient (Wildman–Crippen LogP) is 12.7. The van der Waals surface area contributed by atoms with Crippen molar-refractivity contribution >= 4 is 59.1 Å². The van der Waals surface area contributed by atoms with Crippen LogP contribution >= 0.6 is 11.3 Å². The van der Waals surface area contributed by atoms with Crippen LogP contribution in [0.4, 0.5) is 5.69 Å². The van der Waals surface area contributed by atoms with Crippen molar-refractivity contribution in [1.29, 1.82) is 0 Å². The van der Waals surface area contributed by atoms with E-state index in [4.69, 9.17) is 28.7 Å². The van der Waals surface area contributed by atoms with Gasteiger partial charge in [0, 0.05) is 53.2 Å². The maximum absolute atomic E-state index is 9.52. The zero-order valence-electron chi connectivity index (χ0n) is 33.3. The molecule has 0 fully saturated rings. The second-order valence-corrected chi connectivity index (χ2v) is 14.1. The van der Waals surface area contributed by atoms with Crippen molar-refractivity contribution in [3.05, 3.63) is 144 Å². The standard InChI is InChI=1S/C44H30N4OS/c1-44(2,3)29-20-15-26(16-21-29)41-46-42(27-17-22-30(45-4)23-18-27)48-43(47-41)28-19-24-35-37(25-28)49-36-13-8-10-32(39(35)36)34-12-7-11-33-31-9-5-6-14-38(31)50-40(33)34/h5-25H,1-3H3/i8D,10D,13D,19D,24D,25D. The quantitative estimate of drug-likeness (QED) is 0.175. The maximum atomic E-state index is 9.52. The van der Waals surface area contributed by atoms with E-state index in [9.17, 15) is 5.48 Å². The largest absolute Gasteiger partial charge is 0.456 e. The monoisotopic (exact) mass is 668 g/mol. The molecule has 6 aromatic carbocycles. The normalized spacial score (nSPS) is 13.6. The summed E-state index contributed by atoms with van der Waals surface area (Å²) < 4.78 is 63.5. The van der Waals surface area contributed by atoms with E-state index in [-0.39, 0.29) is 80.8 Å². The molecule has 5 nitrogen and oxygen atoms in total. The molecule has 0 unspecified atom stereocenters. The van der Waals surface area contributed by atoms with Crippen molar-refractivity contribution in [3.63, 3.8) is 0 Å². The third kappa shape index (κ3) is 5.03. The molecule has 0 radical (unpaired) electrons. The summed E-state index contributed by atoms with van der Waals surface area (Å²) in [4.78, 5) is 17.8. The molecule has 50 heavy (non-hydrogen) atoms. The lowest BCUT2D eigenvalue weighted by molar-refractivity contribution is 0.590. The highest BCUT2D eigenvalue weighted by Gasteiger charge is 2.19. The highest BCUT2D eigenvalue weighted by Crippen LogP contribution is 2.44. The number of fused-ring (bicyclic) bond motifs is 6. The molecule has 9 aromatic rings. The summed E-state index contributed by atoms with van der Waals surface area (Å²) in [6.07, 6.45) is 0. The van der Waals surface area contributed by atoms with Gasteiger partial charge in [-0.3, -0.25) is 0 Å². The molecule has 0 amide bonds. The van der Waals surface area contributed by atoms with Crippen molar-refractivity contribution in [3.8, 4) is 45.3 Å². The number of hydrogen-bond donors (Lipinski definition) is 0. The summed E-state index contributed by atoms with van der Waals surface area (Å²) in [5.41, 5.74) is 3.52. The topological polar surface area (TPSA) is 56.2 Å². The molecule has 0 saturated heterocycles. The Hall–Kier alpha value is -6.16. The first-order chi connectivity index (χ1) is 26.8. The first-order valence-electron chi connectivity index (χ1n) is 19.1. The SMILES string of the molecule is [2H]c1c([2H])c(-c2cccc3c2sc2ccccc23)c2c(oc3c([2H])c(-c4nc(-c5ccc([N+]#[C-])cc5)nc(-c5ccc(C(C)(C)C)cc5)n4)c([2H])c([2H])c32)c1[2H]. The number of aromatic nitrogens is 3. The van der Waals surface area contributed by atoms with E-state index in [0.29, 0.717) is 33.8 Å². The van der Waals surface area contributed by atoms with Crippen LogP contribution in [0.2, 0.25) is 0 Å². The molecule has 0 aliphatic heterocycles. The van der Waals surface area contributed by atoms with E-state index in [0.717, 1.165) is 25.7 Å². The Bertz CT molecular complexity index is 3140. The summed E-state index contributed by atoms with van der Waals surface area (Å²) in [6, 6.07) is 26.6. The molecule has 0 atom stereocenters. The molecule has 0 bridgehead atoms. The average molecular weight is 669 g/mol. The molecule has 3 aromatic heterocycles. The Kier molecular flexibility index (Phi) is 5.52. The highest BCUT2D eigenvalue weighted by molar-refractivity contribution is 7.26. The predicted molar refractivity (Wildman–Crippen MR) is 207 cm³/mol. The molecule has 238 valence electrons. The highest BCUT2D eigenvalue weighted by atomic mass is 32.1. The van der Waals surface area contributed by atoms with Crippen LogP contribution in [0.25, 0.3) is 92.2 Å². The second-order valence-electron chi connectivity index (χ2n) is 13.1. The van der Waals surface area contributed by atoms with Gasteiger partial charge in [0.25, 0.3) is 0 Å². The Labute approximate surface area is 301 Å².